The van der Waals surface area contributed by atoms with Gasteiger partial charge in [-0.1, -0.05) is 22.0 Å². The third-order valence-corrected chi connectivity index (χ3v) is 3.42. The highest BCUT2D eigenvalue weighted by Crippen LogP contribution is 2.17. The number of esters is 1. The van der Waals surface area contributed by atoms with E-state index in [1.165, 1.54) is 7.11 Å². The average molecular weight is 358 g/mol. The zero-order chi connectivity index (χ0) is 15.7. The number of carbonyl (C=O) groups is 2. The minimum Gasteiger partial charge on any atom is -0.493 e. The van der Waals surface area contributed by atoms with Crippen molar-refractivity contribution in [2.45, 2.75) is 19.8 Å². The second-order valence-electron chi connectivity index (χ2n) is 4.36. The number of rotatable bonds is 8. The Bertz CT molecular complexity index is 478. The minimum atomic E-state index is -0.313. The van der Waals surface area contributed by atoms with Crippen molar-refractivity contribution in [1.82, 2.24) is 4.90 Å². The van der Waals surface area contributed by atoms with Crippen LogP contribution in [0.1, 0.15) is 19.8 Å². The fourth-order valence-electron chi connectivity index (χ4n) is 1.76. The Morgan fingerprint density at radius 2 is 2.05 bits per heavy atom. The molecular formula is C15H20BrNO4. The Morgan fingerprint density at radius 3 is 2.67 bits per heavy atom. The lowest BCUT2D eigenvalue weighted by molar-refractivity contribution is -0.141. The lowest BCUT2D eigenvalue weighted by atomic mass is 10.3. The second kappa shape index (κ2) is 9.39. The maximum atomic E-state index is 12.0. The normalized spacial score (nSPS) is 10.0. The molecular weight excluding hydrogens is 338 g/mol. The molecule has 21 heavy (non-hydrogen) atoms. The van der Waals surface area contributed by atoms with E-state index < -0.39 is 0 Å². The highest BCUT2D eigenvalue weighted by Gasteiger charge is 2.13. The number of carbonyl (C=O) groups excluding carboxylic acids is 2. The Labute approximate surface area is 133 Å². The molecule has 0 saturated carbocycles. The van der Waals surface area contributed by atoms with Crippen molar-refractivity contribution in [3.8, 4) is 5.75 Å². The van der Waals surface area contributed by atoms with Gasteiger partial charge in [0.05, 0.1) is 26.6 Å². The summed E-state index contributed by atoms with van der Waals surface area (Å²) in [5.41, 5.74) is 0. The molecule has 0 saturated heterocycles. The largest absolute Gasteiger partial charge is 0.493 e. The molecule has 116 valence electrons. The smallest absolute Gasteiger partial charge is 0.307 e. The number of nitrogens with zero attached hydrogens (tertiary/aromatic N) is 1. The van der Waals surface area contributed by atoms with Gasteiger partial charge in [0, 0.05) is 17.6 Å². The molecule has 6 heteroatoms. The molecule has 5 nitrogen and oxygen atoms in total. The summed E-state index contributed by atoms with van der Waals surface area (Å²) in [7, 11) is 1.34. The molecule has 0 bridgehead atoms. The van der Waals surface area contributed by atoms with Gasteiger partial charge in [0.1, 0.15) is 5.75 Å². The second-order valence-corrected chi connectivity index (χ2v) is 5.27. The predicted molar refractivity (Wildman–Crippen MR) is 83.1 cm³/mol. The molecule has 0 atom stereocenters. The SMILES string of the molecule is CCN(CCC(=O)OC)C(=O)CCOc1cccc(Br)c1. The topological polar surface area (TPSA) is 55.8 Å². The van der Waals surface area contributed by atoms with Gasteiger partial charge in [0.2, 0.25) is 5.91 Å². The van der Waals surface area contributed by atoms with Gasteiger partial charge in [-0.3, -0.25) is 9.59 Å². The van der Waals surface area contributed by atoms with Crippen molar-refractivity contribution < 1.29 is 19.1 Å². The number of benzene rings is 1. The lowest BCUT2D eigenvalue weighted by Gasteiger charge is -2.20. The number of methoxy groups -OCH3 is 1. The van der Waals surface area contributed by atoms with E-state index in [2.05, 4.69) is 20.7 Å². The molecule has 0 N–H and O–H groups in total. The van der Waals surface area contributed by atoms with Crippen molar-refractivity contribution in [3.05, 3.63) is 28.7 Å². The van der Waals surface area contributed by atoms with Crippen molar-refractivity contribution in [2.75, 3.05) is 26.8 Å². The van der Waals surface area contributed by atoms with Crippen LogP contribution in [0.3, 0.4) is 0 Å². The number of halogens is 1. The maximum absolute atomic E-state index is 12.0. The van der Waals surface area contributed by atoms with Gasteiger partial charge in [-0.2, -0.15) is 0 Å². The van der Waals surface area contributed by atoms with E-state index in [-0.39, 0.29) is 24.7 Å². The molecule has 0 aliphatic carbocycles. The van der Waals surface area contributed by atoms with Crippen LogP contribution in [0.2, 0.25) is 0 Å². The van der Waals surface area contributed by atoms with Gasteiger partial charge in [0.25, 0.3) is 0 Å². The van der Waals surface area contributed by atoms with Gasteiger partial charge >= 0.3 is 5.97 Å². The quantitative estimate of drug-likeness (QED) is 0.671. The van der Waals surface area contributed by atoms with Crippen molar-refractivity contribution in [2.24, 2.45) is 0 Å². The molecule has 0 spiro atoms. The maximum Gasteiger partial charge on any atom is 0.307 e. The van der Waals surface area contributed by atoms with Crippen molar-refractivity contribution in [3.63, 3.8) is 0 Å². The van der Waals surface area contributed by atoms with Crippen LogP contribution in [0, 0.1) is 0 Å². The molecule has 0 aliphatic rings. The molecule has 0 radical (unpaired) electrons. The molecule has 1 amide bonds. The van der Waals surface area contributed by atoms with Crippen LogP contribution in [0.15, 0.2) is 28.7 Å². The molecule has 0 unspecified atom stereocenters. The highest BCUT2D eigenvalue weighted by molar-refractivity contribution is 9.10. The first kappa shape index (κ1) is 17.5. The predicted octanol–water partition coefficient (Wildman–Crippen LogP) is 2.63. The fourth-order valence-corrected chi connectivity index (χ4v) is 2.14. The highest BCUT2D eigenvalue weighted by atomic mass is 79.9. The van der Waals surface area contributed by atoms with Gasteiger partial charge in [-0.25, -0.2) is 0 Å². The first-order chi connectivity index (χ1) is 10.1. The van der Waals surface area contributed by atoms with E-state index in [0.717, 1.165) is 10.2 Å². The minimum absolute atomic E-state index is 0.0311. The molecule has 1 aromatic carbocycles. The van der Waals surface area contributed by atoms with E-state index in [9.17, 15) is 9.59 Å². The summed E-state index contributed by atoms with van der Waals surface area (Å²) in [6, 6.07) is 7.46. The lowest BCUT2D eigenvalue weighted by Crippen LogP contribution is -2.33. The Morgan fingerprint density at radius 1 is 1.29 bits per heavy atom. The van der Waals surface area contributed by atoms with Crippen LogP contribution in [0.25, 0.3) is 0 Å². The van der Waals surface area contributed by atoms with E-state index in [1.807, 2.05) is 31.2 Å². The summed E-state index contributed by atoms with van der Waals surface area (Å²) < 4.78 is 11.0. The number of ether oxygens (including phenoxy) is 2. The zero-order valence-electron chi connectivity index (χ0n) is 12.3. The Balaban J connectivity index is 2.35. The summed E-state index contributed by atoms with van der Waals surface area (Å²) in [5.74, 6) is 0.373. The molecule has 0 fully saturated rings. The summed E-state index contributed by atoms with van der Waals surface area (Å²) in [6.07, 6.45) is 0.490. The van der Waals surface area contributed by atoms with E-state index in [0.29, 0.717) is 19.7 Å². The first-order valence-corrected chi connectivity index (χ1v) is 7.59. The average Bonchev–Trinajstić information content (AvgIpc) is 2.47. The third kappa shape index (κ3) is 6.62. The molecule has 1 rings (SSSR count). The monoisotopic (exact) mass is 357 g/mol. The van der Waals surface area contributed by atoms with Crippen LogP contribution in [0.5, 0.6) is 5.75 Å². The number of hydrogen-bond acceptors (Lipinski definition) is 4. The number of amides is 1. The van der Waals surface area contributed by atoms with Gasteiger partial charge < -0.3 is 14.4 Å². The molecule has 0 aromatic heterocycles. The van der Waals surface area contributed by atoms with E-state index >= 15 is 0 Å². The van der Waals surface area contributed by atoms with Gasteiger partial charge in [-0.15, -0.1) is 0 Å². The van der Waals surface area contributed by atoms with Crippen LogP contribution in [-0.2, 0) is 14.3 Å². The fraction of sp³-hybridized carbons (Fsp3) is 0.467. The van der Waals surface area contributed by atoms with Crippen LogP contribution in [0.4, 0.5) is 0 Å². The Kier molecular flexibility index (Phi) is 7.82. The van der Waals surface area contributed by atoms with Crippen molar-refractivity contribution in [1.29, 1.82) is 0 Å². The summed E-state index contributed by atoms with van der Waals surface area (Å²) >= 11 is 3.36. The van der Waals surface area contributed by atoms with Crippen LogP contribution < -0.4 is 4.74 Å². The first-order valence-electron chi connectivity index (χ1n) is 6.79. The van der Waals surface area contributed by atoms with Gasteiger partial charge in [0.15, 0.2) is 0 Å². The third-order valence-electron chi connectivity index (χ3n) is 2.93. The summed E-state index contributed by atoms with van der Waals surface area (Å²) in [4.78, 5) is 24.7. The summed E-state index contributed by atoms with van der Waals surface area (Å²) in [5, 5.41) is 0. The van der Waals surface area contributed by atoms with Crippen LogP contribution in [-0.4, -0.2) is 43.6 Å². The Hall–Kier alpha value is -1.56. The standard InChI is InChI=1S/C15H20BrNO4/c1-3-17(9-7-15(19)20-2)14(18)8-10-21-13-6-4-5-12(16)11-13/h4-6,11H,3,7-10H2,1-2H3. The molecule has 0 heterocycles. The summed E-state index contributed by atoms with van der Waals surface area (Å²) in [6.45, 7) is 3.12. The molecule has 1 aromatic rings. The van der Waals surface area contributed by atoms with E-state index in [4.69, 9.17) is 4.74 Å². The van der Waals surface area contributed by atoms with Crippen LogP contribution >= 0.6 is 15.9 Å². The zero-order valence-corrected chi connectivity index (χ0v) is 13.9. The van der Waals surface area contributed by atoms with E-state index in [1.54, 1.807) is 4.90 Å². The van der Waals surface area contributed by atoms with Gasteiger partial charge in [-0.05, 0) is 25.1 Å². The van der Waals surface area contributed by atoms with Crippen molar-refractivity contribution >= 4 is 27.8 Å². The molecule has 0 aliphatic heterocycles. The number of hydrogen-bond donors (Lipinski definition) is 0.